The second-order valence-electron chi connectivity index (χ2n) is 10.9. The Labute approximate surface area is 256 Å². The third-order valence-electron chi connectivity index (χ3n) is 8.10. The second-order valence-corrected chi connectivity index (χ2v) is 10.9. The topological polar surface area (TPSA) is 29.3 Å². The van der Waals surface area contributed by atoms with Crippen molar-refractivity contribution in [2.45, 2.75) is 0 Å². The van der Waals surface area contributed by atoms with E-state index in [-0.39, 0.29) is 0 Å². The van der Waals surface area contributed by atoms with Crippen molar-refractivity contribution in [1.82, 2.24) is 4.98 Å². The Balaban J connectivity index is 1.15. The van der Waals surface area contributed by atoms with E-state index in [1.807, 2.05) is 42.5 Å². The third kappa shape index (κ3) is 4.81. The quantitative estimate of drug-likeness (QED) is 0.201. The Morgan fingerprint density at radius 3 is 1.52 bits per heavy atom. The van der Waals surface area contributed by atoms with Crippen LogP contribution < -0.4 is 4.90 Å². The van der Waals surface area contributed by atoms with E-state index in [0.29, 0.717) is 5.89 Å². The normalized spacial score (nSPS) is 11.2. The van der Waals surface area contributed by atoms with E-state index in [2.05, 4.69) is 132 Å². The van der Waals surface area contributed by atoms with Gasteiger partial charge in [0.05, 0.1) is 0 Å². The van der Waals surface area contributed by atoms with Gasteiger partial charge in [-0.15, -0.1) is 0 Å². The van der Waals surface area contributed by atoms with Crippen molar-refractivity contribution in [3.05, 3.63) is 170 Å². The summed E-state index contributed by atoms with van der Waals surface area (Å²) in [7, 11) is 0. The Kier molecular flexibility index (Phi) is 6.47. The largest absolute Gasteiger partial charge is 0.436 e. The molecular formula is C41H28N2O. The zero-order chi connectivity index (χ0) is 29.3. The zero-order valence-corrected chi connectivity index (χ0v) is 24.0. The number of aromatic nitrogens is 1. The molecule has 0 saturated carbocycles. The highest BCUT2D eigenvalue weighted by atomic mass is 16.3. The molecule has 0 aliphatic rings. The zero-order valence-electron chi connectivity index (χ0n) is 24.0. The molecule has 0 N–H and O–H groups in total. The first-order valence-corrected chi connectivity index (χ1v) is 14.8. The van der Waals surface area contributed by atoms with Gasteiger partial charge < -0.3 is 9.32 Å². The van der Waals surface area contributed by atoms with Crippen LogP contribution in [0.4, 0.5) is 17.1 Å². The van der Waals surface area contributed by atoms with Crippen LogP contribution in [0.15, 0.2) is 174 Å². The average molecular weight is 565 g/mol. The molecule has 1 heterocycles. The molecule has 0 aliphatic heterocycles. The molecule has 0 spiro atoms. The molecule has 3 nitrogen and oxygen atoms in total. The van der Waals surface area contributed by atoms with Gasteiger partial charge in [-0.1, -0.05) is 109 Å². The van der Waals surface area contributed by atoms with Crippen LogP contribution in [0.1, 0.15) is 0 Å². The van der Waals surface area contributed by atoms with Gasteiger partial charge in [-0.3, -0.25) is 0 Å². The van der Waals surface area contributed by atoms with Gasteiger partial charge in [-0.05, 0) is 88.3 Å². The molecule has 1 aromatic heterocycles. The van der Waals surface area contributed by atoms with Crippen LogP contribution >= 0.6 is 0 Å². The van der Waals surface area contributed by atoms with Crippen molar-refractivity contribution < 1.29 is 4.42 Å². The van der Waals surface area contributed by atoms with E-state index in [4.69, 9.17) is 9.40 Å². The maximum Gasteiger partial charge on any atom is 0.227 e. The van der Waals surface area contributed by atoms with Crippen LogP contribution in [0.5, 0.6) is 0 Å². The molecule has 0 radical (unpaired) electrons. The number of para-hydroxylation sites is 1. The van der Waals surface area contributed by atoms with Crippen LogP contribution in [0.25, 0.3) is 55.6 Å². The lowest BCUT2D eigenvalue weighted by atomic mass is 10.00. The Hall–Kier alpha value is -5.93. The minimum Gasteiger partial charge on any atom is -0.436 e. The molecule has 0 fully saturated rings. The first kappa shape index (κ1) is 25.8. The fourth-order valence-corrected chi connectivity index (χ4v) is 5.85. The minimum atomic E-state index is 0.640. The van der Waals surface area contributed by atoms with E-state index in [1.165, 1.54) is 11.1 Å². The maximum absolute atomic E-state index is 6.15. The molecule has 0 atom stereocenters. The molecule has 7 aromatic carbocycles. The second kappa shape index (κ2) is 11.0. The average Bonchev–Trinajstić information content (AvgIpc) is 3.56. The van der Waals surface area contributed by atoms with Crippen LogP contribution in [0, 0.1) is 0 Å². The molecule has 0 amide bonds. The smallest absolute Gasteiger partial charge is 0.227 e. The highest BCUT2D eigenvalue weighted by molar-refractivity contribution is 6.05. The highest BCUT2D eigenvalue weighted by Crippen LogP contribution is 2.37. The van der Waals surface area contributed by atoms with Gasteiger partial charge in [0.15, 0.2) is 5.58 Å². The van der Waals surface area contributed by atoms with Crippen molar-refractivity contribution >= 4 is 38.9 Å². The Morgan fingerprint density at radius 2 is 0.886 bits per heavy atom. The first-order chi connectivity index (χ1) is 21.8. The molecule has 44 heavy (non-hydrogen) atoms. The molecule has 8 aromatic rings. The lowest BCUT2D eigenvalue weighted by Gasteiger charge is -2.26. The summed E-state index contributed by atoms with van der Waals surface area (Å²) < 4.78 is 6.15. The fraction of sp³-hybridized carbons (Fsp3) is 0. The molecule has 8 rings (SSSR count). The number of fused-ring (bicyclic) bond motifs is 3. The van der Waals surface area contributed by atoms with Gasteiger partial charge in [-0.25, -0.2) is 4.98 Å². The molecule has 0 saturated heterocycles. The van der Waals surface area contributed by atoms with Gasteiger partial charge in [0, 0.05) is 28.0 Å². The minimum absolute atomic E-state index is 0.640. The van der Waals surface area contributed by atoms with E-state index < -0.39 is 0 Å². The summed E-state index contributed by atoms with van der Waals surface area (Å²) in [6.45, 7) is 0. The van der Waals surface area contributed by atoms with Gasteiger partial charge in [-0.2, -0.15) is 0 Å². The molecule has 0 aliphatic carbocycles. The summed E-state index contributed by atoms with van der Waals surface area (Å²) in [6, 6.07) is 59.3. The predicted molar refractivity (Wildman–Crippen MR) is 183 cm³/mol. The van der Waals surface area contributed by atoms with Crippen molar-refractivity contribution in [2.24, 2.45) is 0 Å². The summed E-state index contributed by atoms with van der Waals surface area (Å²) in [5.74, 6) is 0.640. The van der Waals surface area contributed by atoms with Crippen LogP contribution in [0.3, 0.4) is 0 Å². The summed E-state index contributed by atoms with van der Waals surface area (Å²) in [4.78, 5) is 7.20. The van der Waals surface area contributed by atoms with Crippen LogP contribution in [0.2, 0.25) is 0 Å². The van der Waals surface area contributed by atoms with Gasteiger partial charge in [0.2, 0.25) is 5.89 Å². The van der Waals surface area contributed by atoms with E-state index in [0.717, 1.165) is 55.6 Å². The van der Waals surface area contributed by atoms with Crippen molar-refractivity contribution in [3.63, 3.8) is 0 Å². The number of nitrogens with zero attached hydrogens (tertiary/aromatic N) is 2. The summed E-state index contributed by atoms with van der Waals surface area (Å²) in [5, 5.41) is 2.22. The summed E-state index contributed by atoms with van der Waals surface area (Å²) in [5.41, 5.74) is 10.7. The number of oxazole rings is 1. The molecular weight excluding hydrogens is 536 g/mol. The molecule has 3 heteroatoms. The predicted octanol–water partition coefficient (Wildman–Crippen LogP) is 11.5. The number of benzene rings is 7. The van der Waals surface area contributed by atoms with Crippen molar-refractivity contribution in [1.29, 1.82) is 0 Å². The van der Waals surface area contributed by atoms with Crippen LogP contribution in [-0.4, -0.2) is 4.98 Å². The summed E-state index contributed by atoms with van der Waals surface area (Å²) in [6.07, 6.45) is 0. The molecule has 0 unspecified atom stereocenters. The monoisotopic (exact) mass is 564 g/mol. The lowest BCUT2D eigenvalue weighted by Crippen LogP contribution is -2.09. The van der Waals surface area contributed by atoms with Gasteiger partial charge in [0.1, 0.15) is 5.52 Å². The van der Waals surface area contributed by atoms with Crippen molar-refractivity contribution in [3.8, 4) is 33.7 Å². The number of anilines is 3. The van der Waals surface area contributed by atoms with E-state index >= 15 is 0 Å². The third-order valence-corrected chi connectivity index (χ3v) is 8.10. The summed E-state index contributed by atoms with van der Waals surface area (Å²) >= 11 is 0. The number of hydrogen-bond donors (Lipinski definition) is 0. The number of hydrogen-bond acceptors (Lipinski definition) is 3. The highest BCUT2D eigenvalue weighted by Gasteiger charge is 2.14. The first-order valence-electron chi connectivity index (χ1n) is 14.8. The molecule has 0 bridgehead atoms. The van der Waals surface area contributed by atoms with E-state index in [1.54, 1.807) is 0 Å². The van der Waals surface area contributed by atoms with Crippen LogP contribution in [-0.2, 0) is 0 Å². The van der Waals surface area contributed by atoms with Gasteiger partial charge >= 0.3 is 0 Å². The molecule has 208 valence electrons. The van der Waals surface area contributed by atoms with E-state index in [9.17, 15) is 0 Å². The SMILES string of the molecule is c1ccc(-c2ccc(N(c3ccccc3)c3ccc(-c4ccc5ccc6oc(-c7ccccc7)nc6c5c4)cc3)cc2)cc1. The number of rotatable bonds is 6. The Morgan fingerprint density at radius 1 is 0.409 bits per heavy atom. The maximum atomic E-state index is 6.15. The fourth-order valence-electron chi connectivity index (χ4n) is 5.85. The standard InChI is InChI=1S/C41H28N2O/c1-4-10-29(11-5-1)30-18-23-36(24-19-30)43(35-14-8-3-9-15-35)37-25-20-31(21-26-37)34-17-16-32-22-27-39-40(38(32)28-34)42-41(44-39)33-12-6-2-7-13-33/h1-28H. The lowest BCUT2D eigenvalue weighted by molar-refractivity contribution is 0.620. The van der Waals surface area contributed by atoms with Crippen molar-refractivity contribution in [2.75, 3.05) is 4.90 Å². The van der Waals surface area contributed by atoms with Gasteiger partial charge in [0.25, 0.3) is 0 Å². The Bertz CT molecular complexity index is 2190.